The summed E-state index contributed by atoms with van der Waals surface area (Å²) in [6.45, 7) is 4.70. The van der Waals surface area contributed by atoms with Crippen LogP contribution in [0.25, 0.3) is 21.8 Å². The average Bonchev–Trinajstić information content (AvgIpc) is 1.57. The van der Waals surface area contributed by atoms with Gasteiger partial charge in [-0.15, -0.1) is 11.8 Å². The number of nitrogens with two attached hydrogens (primary N) is 4. The number of carbonyl (C=O) groups excluding carboxylic acids is 18. The Morgan fingerprint density at radius 1 is 0.519 bits per heavy atom. The second kappa shape index (κ2) is 49.1. The van der Waals surface area contributed by atoms with Gasteiger partial charge in [0.05, 0.1) is 31.1 Å². The van der Waals surface area contributed by atoms with Crippen molar-refractivity contribution < 1.29 is 96.5 Å². The predicted molar refractivity (Wildman–Crippen MR) is 486 cm³/mol. The number of H-pyrrole nitrogens is 3. The summed E-state index contributed by atoms with van der Waals surface area (Å²) in [6, 6.07) is -1.98. The van der Waals surface area contributed by atoms with E-state index in [0.29, 0.717) is 70.6 Å². The molecule has 23 N–H and O–H groups in total. The first kappa shape index (κ1) is 103. The molecule has 0 saturated carbocycles. The summed E-state index contributed by atoms with van der Waals surface area (Å²) >= 11 is 0.778. The summed E-state index contributed by atoms with van der Waals surface area (Å²) in [5.41, 5.74) is 26.0. The number of likely N-dealkylation sites (N-methyl/N-ethyl adjacent to an activating group) is 3. The van der Waals surface area contributed by atoms with Crippen LogP contribution in [-0.2, 0) is 112 Å². The van der Waals surface area contributed by atoms with Gasteiger partial charge in [0.2, 0.25) is 106 Å². The van der Waals surface area contributed by atoms with Crippen LogP contribution in [0.4, 0.5) is 0 Å². The molecule has 720 valence electrons. The van der Waals surface area contributed by atoms with Crippen molar-refractivity contribution in [2.45, 2.75) is 234 Å². The molecule has 3 aromatic heterocycles. The third kappa shape index (κ3) is 28.5. The monoisotopic (exact) mass is 1870 g/mol. The topological polar surface area (TPSA) is 649 Å². The number of aliphatic hydroxyl groups is 1. The molecule has 3 saturated heterocycles. The summed E-state index contributed by atoms with van der Waals surface area (Å²) in [5.74, 6) is -18.0. The molecule has 6 heterocycles. The van der Waals surface area contributed by atoms with Crippen LogP contribution in [0.2, 0.25) is 0 Å². The number of nitrogens with zero attached hydrogens (tertiary/aromatic N) is 6. The number of hydrogen-bond acceptors (Lipinski definition) is 23. The normalized spacial score (nSPS) is 24.9. The number of aliphatic hydroxyl groups excluding tert-OH is 1. The van der Waals surface area contributed by atoms with Crippen LogP contribution in [0.1, 0.15) is 140 Å². The Morgan fingerprint density at radius 2 is 1.08 bits per heavy atom. The number of aromatic nitrogens is 4. The van der Waals surface area contributed by atoms with Crippen LogP contribution in [0, 0.1) is 0 Å². The number of fused-ring (bicyclic) bond motifs is 4. The number of benzene rings is 3. The van der Waals surface area contributed by atoms with E-state index in [-0.39, 0.29) is 82.3 Å². The number of hydrogen-bond donors (Lipinski definition) is 19. The smallest absolute Gasteiger partial charge is 0.246 e. The first-order valence-corrected chi connectivity index (χ1v) is 45.6. The molecule has 3 aromatic carbocycles. The first-order valence-electron chi connectivity index (χ1n) is 44.5. The third-order valence-electron chi connectivity index (χ3n) is 24.0. The third-order valence-corrected chi connectivity index (χ3v) is 25.0. The Labute approximate surface area is 771 Å². The maximum atomic E-state index is 15.8. The van der Waals surface area contributed by atoms with Crippen molar-refractivity contribution in [3.8, 4) is 5.75 Å². The number of amides is 18. The minimum atomic E-state index is -1.80. The molecule has 133 heavy (non-hydrogen) atoms. The van der Waals surface area contributed by atoms with Crippen molar-refractivity contribution in [1.82, 2.24) is 97.6 Å². The molecule has 6 aromatic rings. The van der Waals surface area contributed by atoms with Crippen molar-refractivity contribution in [3.63, 3.8) is 0 Å². The number of nitrogens with one attached hydrogen (secondary N) is 13. The number of phenolic OH excluding ortho intramolecular Hbond substituents is 1. The highest BCUT2D eigenvalue weighted by atomic mass is 32.2. The number of carbonyl (C=O) groups is 18. The molecule has 18 amide bonds. The summed E-state index contributed by atoms with van der Waals surface area (Å²) in [6.07, 6.45) is 3.34. The van der Waals surface area contributed by atoms with Crippen LogP contribution in [-0.4, -0.2) is 310 Å². The summed E-state index contributed by atoms with van der Waals surface area (Å²) in [7, 11) is 3.96. The molecular weight excluding hydrogens is 1740 g/mol. The van der Waals surface area contributed by atoms with Gasteiger partial charge < -0.3 is 126 Å². The molecule has 3 fully saturated rings. The quantitative estimate of drug-likeness (QED) is 0.0251. The highest BCUT2D eigenvalue weighted by molar-refractivity contribution is 8.00. The van der Waals surface area contributed by atoms with Crippen molar-refractivity contribution in [2.75, 3.05) is 58.8 Å². The molecular formula is C89H123N23O20S. The van der Waals surface area contributed by atoms with Gasteiger partial charge in [0.15, 0.2) is 0 Å². The minimum Gasteiger partial charge on any atom is -0.508 e. The minimum absolute atomic E-state index is 0.0299. The lowest BCUT2D eigenvalue weighted by Crippen LogP contribution is -2.61. The zero-order valence-corrected chi connectivity index (χ0v) is 76.3. The average molecular weight is 1870 g/mol. The lowest BCUT2D eigenvalue weighted by Gasteiger charge is -2.36. The van der Waals surface area contributed by atoms with E-state index < -0.39 is 247 Å². The Morgan fingerprint density at radius 3 is 1.68 bits per heavy atom. The number of primary amides is 3. The number of phenols is 1. The molecule has 0 radical (unpaired) electrons. The lowest BCUT2D eigenvalue weighted by molar-refractivity contribution is -0.149. The number of imidazole rings is 1. The number of rotatable bonds is 25. The van der Waals surface area contributed by atoms with Gasteiger partial charge in [0, 0.05) is 125 Å². The van der Waals surface area contributed by atoms with Crippen LogP contribution in [0.15, 0.2) is 97.7 Å². The molecule has 3 aliphatic rings. The molecule has 0 bridgehead atoms. The molecule has 9 rings (SSSR count). The van der Waals surface area contributed by atoms with E-state index >= 15 is 33.6 Å². The molecule has 43 nitrogen and oxygen atoms in total. The van der Waals surface area contributed by atoms with Crippen molar-refractivity contribution >= 4 is 140 Å². The second-order valence-electron chi connectivity index (χ2n) is 33.8. The number of thioether (sulfide) groups is 1. The fourth-order valence-corrected chi connectivity index (χ4v) is 17.3. The van der Waals surface area contributed by atoms with Gasteiger partial charge in [-0.25, -0.2) is 4.98 Å². The van der Waals surface area contributed by atoms with Crippen LogP contribution in [0.3, 0.4) is 0 Å². The number of unbranched alkanes of at least 4 members (excludes halogenated alkanes) is 3. The van der Waals surface area contributed by atoms with Gasteiger partial charge in [0.25, 0.3) is 0 Å². The van der Waals surface area contributed by atoms with E-state index in [2.05, 4.69) is 73.1 Å². The van der Waals surface area contributed by atoms with Gasteiger partial charge >= 0.3 is 0 Å². The van der Waals surface area contributed by atoms with Gasteiger partial charge in [-0.1, -0.05) is 94.5 Å². The lowest BCUT2D eigenvalue weighted by atomic mass is 9.99. The van der Waals surface area contributed by atoms with E-state index in [1.54, 1.807) is 60.9 Å². The van der Waals surface area contributed by atoms with E-state index in [4.69, 9.17) is 22.9 Å². The van der Waals surface area contributed by atoms with Crippen molar-refractivity contribution in [2.24, 2.45) is 22.9 Å². The molecule has 3 aliphatic heterocycles. The number of aromatic hydroxyl groups is 1. The van der Waals surface area contributed by atoms with Gasteiger partial charge in [0.1, 0.15) is 90.3 Å². The Hall–Kier alpha value is -13.5. The Kier molecular flexibility index (Phi) is 38.1. The van der Waals surface area contributed by atoms with E-state index in [0.717, 1.165) is 26.5 Å². The van der Waals surface area contributed by atoms with Gasteiger partial charge in [-0.05, 0) is 99.9 Å². The van der Waals surface area contributed by atoms with E-state index in [1.165, 1.54) is 81.6 Å². The highest BCUT2D eigenvalue weighted by Gasteiger charge is 2.47. The maximum Gasteiger partial charge on any atom is 0.246 e. The van der Waals surface area contributed by atoms with E-state index in [9.17, 15) is 63.0 Å². The van der Waals surface area contributed by atoms with Crippen LogP contribution in [0.5, 0.6) is 5.75 Å². The molecule has 0 aliphatic carbocycles. The standard InChI is InChI=1S/C89H123N23O20S/c1-8-10-12-23-70-89(132)109(6)68(22-11-9-2)82(125)99-48(3)76(119)107-67(78(121)97-43-74(93)117)45-133-46-75(118)100-64(34-50-25-27-54(113)28-26-50)85(128)108(5)49(4)77(120)105-66(39-73(92)116)88(131)111-33-17-24-69(111)83(126)104-63(37-53-42-94-47-98-53)81(124)102-61(29-30-72(91)115)87(130)112-44-55(114)38-71(112)84(127)103-62(35-51-40-95-58-20-15-13-18-56(51)58)80(123)101-60(31-32-90)79(122)106-65(86(129)110(70)7)36-52-41-96-59-21-16-14-19-57(52)59/h13-16,18-21,25-28,40-42,47-49,55,60-71,95-96,113-114H,8-12,17,22-24,29-39,43-46,90H2,1-7H3,(H2,91,115)(H2,92,116)(H2,93,117)(H,94,98)(H,97,121)(H,99,125)(H,100,118)(H,101,123)(H,102,124)(H,103,127)(H,104,126)(H,105,120)(H,106,122)(H,107,119)/t48-,49-,55+,60-,61-,62-,63-,64-,65-,66-,67-,68-,69-,70-,71-/m0/s1. The van der Waals surface area contributed by atoms with Gasteiger partial charge in [-0.2, -0.15) is 0 Å². The Balaban J connectivity index is 1.09. The number of aromatic amines is 3. The first-order chi connectivity index (χ1) is 63.4. The summed E-state index contributed by atoms with van der Waals surface area (Å²) in [4.78, 5) is 280. The maximum absolute atomic E-state index is 15.8. The largest absolute Gasteiger partial charge is 0.508 e. The predicted octanol–water partition coefficient (Wildman–Crippen LogP) is -3.21. The molecule has 15 atom stereocenters. The van der Waals surface area contributed by atoms with Crippen LogP contribution >= 0.6 is 11.8 Å². The summed E-state index contributed by atoms with van der Waals surface area (Å²) in [5, 5.41) is 49.3. The fraction of sp³-hybridized carbons (Fsp3) is 0.517. The highest BCUT2D eigenvalue weighted by Crippen LogP contribution is 2.28. The van der Waals surface area contributed by atoms with E-state index in [1.807, 2.05) is 13.8 Å². The molecule has 44 heteroatoms. The van der Waals surface area contributed by atoms with Crippen molar-refractivity contribution in [3.05, 3.63) is 120 Å². The summed E-state index contributed by atoms with van der Waals surface area (Å²) < 4.78 is 0. The Bertz CT molecular complexity index is 5170. The molecule has 0 unspecified atom stereocenters. The van der Waals surface area contributed by atoms with Crippen molar-refractivity contribution in [1.29, 1.82) is 0 Å². The second-order valence-corrected chi connectivity index (χ2v) is 34.8. The SMILES string of the molecule is CCCCC[C@H]1C(=O)N(C)[C@@H](CCCC)C(=O)N[C@@H](C)C(=O)N[C@H](C(=O)NCC(N)=O)CSCC(=O)N[C@@H](Cc2ccc(O)cc2)C(=O)N(C)[C@@H](C)C(=O)N[C@@H](CC(N)=O)C(=O)N2CCC[C@H]2C(=O)N[C@@H](Cc2cnc[nH]2)C(=O)N[C@@H](CCC(N)=O)C(=O)N2C[C@H](O)C[C@H]2C(=O)N[C@@H](Cc2c[nH]c3ccccc23)C(=O)N[C@@H](CCN)C(=O)N[C@@H](Cc2c[nH]c3ccccc23)C(=O)N1C. The van der Waals surface area contributed by atoms with Gasteiger partial charge in [-0.3, -0.25) is 86.3 Å². The molecule has 0 spiro atoms. The fourth-order valence-electron chi connectivity index (χ4n) is 16.4. The zero-order chi connectivity index (χ0) is 97.0. The zero-order valence-electron chi connectivity index (χ0n) is 75.5. The number of para-hydroxylation sites is 2. The van der Waals surface area contributed by atoms with Crippen LogP contribution < -0.4 is 76.1 Å².